The van der Waals surface area contributed by atoms with Gasteiger partial charge in [-0.05, 0) is 67.6 Å². The van der Waals surface area contributed by atoms with Crippen LogP contribution in [-0.2, 0) is 11.3 Å². The fourth-order valence-corrected chi connectivity index (χ4v) is 3.92. The van der Waals surface area contributed by atoms with E-state index in [1.165, 1.54) is 0 Å². The van der Waals surface area contributed by atoms with Gasteiger partial charge in [0.15, 0.2) is 0 Å². The third-order valence-electron chi connectivity index (χ3n) is 5.32. The van der Waals surface area contributed by atoms with Gasteiger partial charge in [-0.15, -0.1) is 6.58 Å². The molecule has 3 aliphatic heterocycles. The molecule has 3 fully saturated rings. The normalized spacial score (nSPS) is 27.8. The molecule has 1 aromatic rings. The van der Waals surface area contributed by atoms with Crippen LogP contribution in [0.5, 0.6) is 5.75 Å². The Morgan fingerprint density at radius 2 is 2.20 bits per heavy atom. The first-order chi connectivity index (χ1) is 12.1. The van der Waals surface area contributed by atoms with Crippen LogP contribution in [0.3, 0.4) is 0 Å². The van der Waals surface area contributed by atoms with Crippen LogP contribution in [0.2, 0.25) is 0 Å². The Morgan fingerprint density at radius 3 is 2.80 bits per heavy atom. The Labute approximate surface area is 149 Å². The van der Waals surface area contributed by atoms with Crippen LogP contribution in [0.25, 0.3) is 5.70 Å². The van der Waals surface area contributed by atoms with Crippen molar-refractivity contribution in [1.29, 1.82) is 0 Å². The van der Waals surface area contributed by atoms with Crippen molar-refractivity contribution in [2.24, 2.45) is 5.92 Å². The molecule has 0 aliphatic carbocycles. The molecule has 1 unspecified atom stereocenters. The van der Waals surface area contributed by atoms with Gasteiger partial charge in [0, 0.05) is 6.54 Å². The second-order valence-corrected chi connectivity index (χ2v) is 7.04. The molecule has 2 N–H and O–H groups in total. The number of nitrogens with one attached hydrogen (secondary N) is 1. The Bertz CT molecular complexity index is 638. The SMILES string of the molecule is C=CCc1cc(C(=C)NOC)ccc1OCC1(O)CN2CCC1CC2. The number of piperidine rings is 3. The van der Waals surface area contributed by atoms with E-state index in [1.54, 1.807) is 7.11 Å². The Hall–Kier alpha value is -1.82. The first kappa shape index (κ1) is 18.0. The molecule has 4 rings (SSSR count). The second kappa shape index (κ2) is 7.60. The monoisotopic (exact) mass is 344 g/mol. The summed E-state index contributed by atoms with van der Waals surface area (Å²) >= 11 is 0. The molecule has 0 saturated carbocycles. The summed E-state index contributed by atoms with van der Waals surface area (Å²) in [4.78, 5) is 7.25. The molecule has 5 nitrogen and oxygen atoms in total. The number of fused-ring (bicyclic) bond motifs is 3. The maximum absolute atomic E-state index is 11.0. The molecule has 3 aliphatic rings. The van der Waals surface area contributed by atoms with E-state index < -0.39 is 5.60 Å². The van der Waals surface area contributed by atoms with E-state index in [-0.39, 0.29) is 0 Å². The summed E-state index contributed by atoms with van der Waals surface area (Å²) in [6.07, 6.45) is 4.65. The molecule has 0 aromatic heterocycles. The zero-order valence-electron chi connectivity index (χ0n) is 15.0. The van der Waals surface area contributed by atoms with E-state index >= 15 is 0 Å². The predicted octanol–water partition coefficient (Wildman–Crippen LogP) is 2.37. The molecule has 136 valence electrons. The number of ether oxygens (including phenoxy) is 1. The van der Waals surface area contributed by atoms with Crippen molar-refractivity contribution in [3.63, 3.8) is 0 Å². The van der Waals surface area contributed by atoms with Crippen LogP contribution in [0.1, 0.15) is 24.0 Å². The smallest absolute Gasteiger partial charge is 0.123 e. The van der Waals surface area contributed by atoms with Gasteiger partial charge in [0.2, 0.25) is 0 Å². The number of hydrogen-bond donors (Lipinski definition) is 2. The molecule has 1 atom stereocenters. The average molecular weight is 344 g/mol. The summed E-state index contributed by atoms with van der Waals surface area (Å²) in [5.74, 6) is 1.13. The zero-order chi connectivity index (χ0) is 17.9. The van der Waals surface area contributed by atoms with Crippen LogP contribution in [0, 0.1) is 5.92 Å². The fourth-order valence-electron chi connectivity index (χ4n) is 3.92. The van der Waals surface area contributed by atoms with E-state index in [2.05, 4.69) is 23.5 Å². The van der Waals surface area contributed by atoms with E-state index in [4.69, 9.17) is 9.57 Å². The fraction of sp³-hybridized carbons (Fsp3) is 0.500. The maximum Gasteiger partial charge on any atom is 0.123 e. The average Bonchev–Trinajstić information content (AvgIpc) is 2.62. The van der Waals surface area contributed by atoms with Crippen molar-refractivity contribution in [1.82, 2.24) is 10.4 Å². The van der Waals surface area contributed by atoms with Gasteiger partial charge in [-0.2, -0.15) is 0 Å². The first-order valence-electron chi connectivity index (χ1n) is 8.85. The molecule has 25 heavy (non-hydrogen) atoms. The van der Waals surface area contributed by atoms with Crippen LogP contribution >= 0.6 is 0 Å². The highest BCUT2D eigenvalue weighted by Gasteiger charge is 2.46. The van der Waals surface area contributed by atoms with Gasteiger partial charge in [-0.1, -0.05) is 12.7 Å². The number of hydroxylamine groups is 1. The minimum absolute atomic E-state index is 0.328. The number of benzene rings is 1. The van der Waals surface area contributed by atoms with Gasteiger partial charge in [0.25, 0.3) is 0 Å². The van der Waals surface area contributed by atoms with Crippen molar-refractivity contribution < 1.29 is 14.7 Å². The lowest BCUT2D eigenvalue weighted by Gasteiger charge is -2.50. The zero-order valence-corrected chi connectivity index (χ0v) is 15.0. The molecule has 3 saturated heterocycles. The third-order valence-corrected chi connectivity index (χ3v) is 5.32. The highest BCUT2D eigenvalue weighted by Crippen LogP contribution is 2.36. The maximum atomic E-state index is 11.0. The van der Waals surface area contributed by atoms with Crippen molar-refractivity contribution in [3.8, 4) is 5.75 Å². The van der Waals surface area contributed by atoms with Crippen LogP contribution < -0.4 is 10.2 Å². The molecule has 5 heteroatoms. The summed E-state index contributed by atoms with van der Waals surface area (Å²) in [5.41, 5.74) is 4.66. The topological polar surface area (TPSA) is 54.0 Å². The minimum atomic E-state index is -0.748. The third kappa shape index (κ3) is 3.89. The number of rotatable bonds is 8. The summed E-state index contributed by atoms with van der Waals surface area (Å²) in [6, 6.07) is 5.89. The molecule has 2 bridgehead atoms. The van der Waals surface area contributed by atoms with Gasteiger partial charge in [-0.3, -0.25) is 10.3 Å². The van der Waals surface area contributed by atoms with Crippen molar-refractivity contribution >= 4 is 5.70 Å². The van der Waals surface area contributed by atoms with Crippen molar-refractivity contribution in [2.75, 3.05) is 33.4 Å². The predicted molar refractivity (Wildman–Crippen MR) is 99.1 cm³/mol. The highest BCUT2D eigenvalue weighted by molar-refractivity contribution is 5.63. The highest BCUT2D eigenvalue weighted by atomic mass is 16.6. The van der Waals surface area contributed by atoms with Crippen molar-refractivity contribution in [3.05, 3.63) is 48.6 Å². The summed E-state index contributed by atoms with van der Waals surface area (Å²) in [7, 11) is 1.56. The first-order valence-corrected chi connectivity index (χ1v) is 8.85. The number of nitrogens with zero attached hydrogens (tertiary/aromatic N) is 1. The largest absolute Gasteiger partial charge is 0.490 e. The lowest BCUT2D eigenvalue weighted by atomic mass is 9.76. The van der Waals surface area contributed by atoms with Gasteiger partial charge in [0.1, 0.15) is 18.0 Å². The summed E-state index contributed by atoms with van der Waals surface area (Å²) < 4.78 is 6.07. The second-order valence-electron chi connectivity index (χ2n) is 7.04. The van der Waals surface area contributed by atoms with E-state index in [0.717, 1.165) is 42.8 Å². The minimum Gasteiger partial charge on any atom is -0.490 e. The van der Waals surface area contributed by atoms with Gasteiger partial charge >= 0.3 is 0 Å². The lowest BCUT2D eigenvalue weighted by Crippen LogP contribution is -2.61. The standard InChI is InChI=1S/C20H28N2O3/c1-4-5-17-12-16(15(2)21-24-3)6-7-19(17)25-14-20(23)13-22-10-8-18(20)9-11-22/h4,6-7,12,18,21,23H,1-2,5,8-11,13-14H2,3H3. The molecule has 3 heterocycles. The van der Waals surface area contributed by atoms with E-state index in [9.17, 15) is 5.11 Å². The van der Waals surface area contributed by atoms with Crippen LogP contribution in [0.15, 0.2) is 37.4 Å². The molecular weight excluding hydrogens is 316 g/mol. The van der Waals surface area contributed by atoms with Crippen LogP contribution in [-0.4, -0.2) is 49.0 Å². The molecule has 1 aromatic carbocycles. The Morgan fingerprint density at radius 1 is 1.44 bits per heavy atom. The quantitative estimate of drug-likeness (QED) is 0.560. The Balaban J connectivity index is 1.73. The molecule has 0 spiro atoms. The van der Waals surface area contributed by atoms with Crippen molar-refractivity contribution in [2.45, 2.75) is 24.9 Å². The molecule has 0 radical (unpaired) electrons. The lowest BCUT2D eigenvalue weighted by molar-refractivity contribution is -0.131. The molecule has 0 amide bonds. The van der Waals surface area contributed by atoms with Gasteiger partial charge in [0.05, 0.1) is 12.8 Å². The van der Waals surface area contributed by atoms with E-state index in [1.807, 2.05) is 24.3 Å². The Kier molecular flexibility index (Phi) is 5.47. The van der Waals surface area contributed by atoms with Gasteiger partial charge < -0.3 is 14.7 Å². The summed E-state index contributed by atoms with van der Waals surface area (Å²) in [5, 5.41) is 11.0. The summed E-state index contributed by atoms with van der Waals surface area (Å²) in [6.45, 7) is 11.0. The molecular formula is C20H28N2O3. The van der Waals surface area contributed by atoms with Gasteiger partial charge in [-0.25, -0.2) is 0 Å². The number of hydrogen-bond acceptors (Lipinski definition) is 5. The van der Waals surface area contributed by atoms with E-state index in [0.29, 0.717) is 31.2 Å². The number of aliphatic hydroxyl groups is 1. The number of allylic oxidation sites excluding steroid dienone is 1. The van der Waals surface area contributed by atoms with Crippen LogP contribution in [0.4, 0.5) is 0 Å².